The van der Waals surface area contributed by atoms with Crippen LogP contribution >= 0.6 is 0 Å². The molecule has 3 aliphatic heterocycles. The Labute approximate surface area is 161 Å². The summed E-state index contributed by atoms with van der Waals surface area (Å²) in [5.74, 6) is -3.78. The monoisotopic (exact) mass is 399 g/mol. The Hall–Kier alpha value is -2.53. The van der Waals surface area contributed by atoms with Crippen LogP contribution in [0, 0.1) is 5.92 Å². The normalized spacial score (nSPS) is 24.5. The maximum Gasteiger partial charge on any atom is 0.335 e. The fourth-order valence-corrected chi connectivity index (χ4v) is 2.78. The molecule has 3 fully saturated rings. The number of nitrogens with zero attached hydrogens (tertiary/aromatic N) is 1. The number of aromatic carboxylic acids is 1. The van der Waals surface area contributed by atoms with E-state index >= 15 is 0 Å². The summed E-state index contributed by atoms with van der Waals surface area (Å²) in [6.45, 7) is 3.38. The van der Waals surface area contributed by atoms with Crippen molar-refractivity contribution in [1.82, 2.24) is 4.90 Å². The Balaban J connectivity index is 0.000000210. The van der Waals surface area contributed by atoms with Gasteiger partial charge in [0.1, 0.15) is 0 Å². The molecule has 0 unspecified atom stereocenters. The first kappa shape index (κ1) is 23.5. The van der Waals surface area contributed by atoms with Crippen LogP contribution in [0.1, 0.15) is 23.2 Å². The van der Waals surface area contributed by atoms with Crippen LogP contribution in [-0.2, 0) is 9.59 Å². The lowest BCUT2D eigenvalue weighted by atomic mass is 9.86. The molecule has 3 saturated heterocycles. The number of rotatable bonds is 4. The van der Waals surface area contributed by atoms with Gasteiger partial charge in [-0.15, -0.1) is 0 Å². The number of aliphatic hydroxyl groups is 3. The van der Waals surface area contributed by atoms with Gasteiger partial charge in [-0.3, -0.25) is 0 Å². The minimum atomic E-state index is -2.27. The van der Waals surface area contributed by atoms with E-state index in [9.17, 15) is 19.5 Å². The summed E-state index contributed by atoms with van der Waals surface area (Å²) in [6, 6.07) is 8.30. The Morgan fingerprint density at radius 3 is 1.57 bits per heavy atom. The summed E-state index contributed by atoms with van der Waals surface area (Å²) < 4.78 is 0. The average molecular weight is 399 g/mol. The van der Waals surface area contributed by atoms with E-state index in [4.69, 9.17) is 25.5 Å². The lowest BCUT2D eigenvalue weighted by molar-refractivity contribution is -0.165. The molecule has 10 heteroatoms. The van der Waals surface area contributed by atoms with Crippen molar-refractivity contribution in [2.75, 3.05) is 19.6 Å². The predicted molar refractivity (Wildman–Crippen MR) is 95.9 cm³/mol. The molecule has 3 atom stereocenters. The number of hydrogen-bond acceptors (Lipinski definition) is 7. The minimum Gasteiger partial charge on any atom is -0.479 e. The number of piperidine rings is 3. The molecule has 1 aromatic rings. The first-order valence-corrected chi connectivity index (χ1v) is 8.64. The van der Waals surface area contributed by atoms with E-state index in [1.807, 2.05) is 0 Å². The van der Waals surface area contributed by atoms with Crippen LogP contribution in [0.2, 0.25) is 0 Å². The van der Waals surface area contributed by atoms with Crippen molar-refractivity contribution in [2.24, 2.45) is 5.92 Å². The molecule has 0 aliphatic carbocycles. The fourth-order valence-electron chi connectivity index (χ4n) is 2.78. The molecular formula is C18H25NO9. The summed E-state index contributed by atoms with van der Waals surface area (Å²) in [4.78, 5) is 32.1. The standard InChI is InChI=1S/C7H13NO.C7H6O2.C4H6O6/c9-7-5-8-3-1-6(7)2-4-8;8-7(9)6-4-2-1-3-5-6;5-1(3(7)8)2(6)4(9)10/h6-7,9H,1-5H2;1-5H,(H,8,9);1-2,5-6H,(H,7,8)(H,9,10)/t7-;;1-,2-/m0.1/s1. The van der Waals surface area contributed by atoms with Gasteiger partial charge < -0.3 is 35.5 Å². The largest absolute Gasteiger partial charge is 0.479 e. The van der Waals surface area contributed by atoms with Crippen LogP contribution in [0.5, 0.6) is 0 Å². The van der Waals surface area contributed by atoms with Crippen molar-refractivity contribution in [3.63, 3.8) is 0 Å². The van der Waals surface area contributed by atoms with E-state index in [-0.39, 0.29) is 6.10 Å². The molecule has 156 valence electrons. The van der Waals surface area contributed by atoms with E-state index in [0.717, 1.165) is 6.54 Å². The molecule has 1 aromatic carbocycles. The smallest absolute Gasteiger partial charge is 0.335 e. The number of carboxylic acid groups (broad SMARTS) is 3. The van der Waals surface area contributed by atoms with E-state index in [1.165, 1.54) is 25.9 Å². The molecule has 3 heterocycles. The lowest BCUT2D eigenvalue weighted by Gasteiger charge is -2.42. The van der Waals surface area contributed by atoms with Crippen LogP contribution in [-0.4, -0.2) is 91.4 Å². The van der Waals surface area contributed by atoms with Gasteiger partial charge in [-0.1, -0.05) is 18.2 Å². The topological polar surface area (TPSA) is 176 Å². The highest BCUT2D eigenvalue weighted by molar-refractivity contribution is 5.87. The lowest BCUT2D eigenvalue weighted by Crippen LogP contribution is -2.50. The average Bonchev–Trinajstić information content (AvgIpc) is 2.69. The summed E-state index contributed by atoms with van der Waals surface area (Å²) in [5, 5.41) is 50.3. The molecular weight excluding hydrogens is 374 g/mol. The highest BCUT2D eigenvalue weighted by Crippen LogP contribution is 2.26. The number of aliphatic hydroxyl groups excluding tert-OH is 3. The Bertz CT molecular complexity index is 626. The van der Waals surface area contributed by atoms with Crippen molar-refractivity contribution in [2.45, 2.75) is 31.2 Å². The third kappa shape index (κ3) is 7.61. The van der Waals surface area contributed by atoms with Crippen molar-refractivity contribution in [1.29, 1.82) is 0 Å². The van der Waals surface area contributed by atoms with Gasteiger partial charge in [-0.2, -0.15) is 0 Å². The van der Waals surface area contributed by atoms with Crippen LogP contribution < -0.4 is 0 Å². The fraction of sp³-hybridized carbons (Fsp3) is 0.500. The van der Waals surface area contributed by atoms with Crippen LogP contribution in [0.25, 0.3) is 0 Å². The number of hydrogen-bond donors (Lipinski definition) is 6. The van der Waals surface area contributed by atoms with Gasteiger partial charge in [0, 0.05) is 6.54 Å². The second-order valence-corrected chi connectivity index (χ2v) is 6.44. The number of fused-ring (bicyclic) bond motifs is 3. The molecule has 3 aliphatic rings. The van der Waals surface area contributed by atoms with E-state index < -0.39 is 30.1 Å². The second-order valence-electron chi connectivity index (χ2n) is 6.44. The Morgan fingerprint density at radius 2 is 1.36 bits per heavy atom. The predicted octanol–water partition coefficient (Wildman–Crippen LogP) is -0.665. The van der Waals surface area contributed by atoms with Crippen molar-refractivity contribution in [3.05, 3.63) is 35.9 Å². The molecule has 0 spiro atoms. The molecule has 28 heavy (non-hydrogen) atoms. The van der Waals surface area contributed by atoms with E-state index in [0.29, 0.717) is 11.5 Å². The Kier molecular flexibility index (Phi) is 9.52. The van der Waals surface area contributed by atoms with Gasteiger partial charge in [0.2, 0.25) is 0 Å². The SMILES string of the molecule is O=C(O)[C@H](O)[C@@H](O)C(=O)O.O=C(O)c1ccccc1.O[C@H]1CN2CCC1CC2. The molecule has 0 radical (unpaired) electrons. The van der Waals surface area contributed by atoms with Gasteiger partial charge in [0.25, 0.3) is 0 Å². The third-order valence-electron chi connectivity index (χ3n) is 4.45. The zero-order chi connectivity index (χ0) is 21.3. The zero-order valence-corrected chi connectivity index (χ0v) is 15.1. The number of benzene rings is 1. The zero-order valence-electron chi connectivity index (χ0n) is 15.1. The van der Waals surface area contributed by atoms with Gasteiger partial charge in [0.15, 0.2) is 12.2 Å². The van der Waals surface area contributed by atoms with E-state index in [2.05, 4.69) is 4.90 Å². The van der Waals surface area contributed by atoms with Crippen LogP contribution in [0.15, 0.2) is 30.3 Å². The molecule has 10 nitrogen and oxygen atoms in total. The number of carbonyl (C=O) groups is 3. The first-order valence-electron chi connectivity index (χ1n) is 8.64. The van der Waals surface area contributed by atoms with Gasteiger partial charge >= 0.3 is 17.9 Å². The summed E-state index contributed by atoms with van der Waals surface area (Å²) in [5.41, 5.74) is 0.331. The molecule has 4 rings (SSSR count). The van der Waals surface area contributed by atoms with E-state index in [1.54, 1.807) is 30.3 Å². The summed E-state index contributed by atoms with van der Waals surface area (Å²) >= 11 is 0. The molecule has 0 amide bonds. The molecule has 2 bridgehead atoms. The molecule has 6 N–H and O–H groups in total. The van der Waals surface area contributed by atoms with Gasteiger partial charge in [-0.05, 0) is 44.0 Å². The first-order chi connectivity index (χ1) is 13.1. The highest BCUT2D eigenvalue weighted by atomic mass is 16.4. The minimum absolute atomic E-state index is 0.00694. The summed E-state index contributed by atoms with van der Waals surface area (Å²) in [6.07, 6.45) is -2.09. The number of carboxylic acids is 3. The van der Waals surface area contributed by atoms with Crippen LogP contribution in [0.3, 0.4) is 0 Å². The maximum atomic E-state index is 10.2. The van der Waals surface area contributed by atoms with Crippen molar-refractivity contribution in [3.8, 4) is 0 Å². The molecule has 0 aromatic heterocycles. The number of aliphatic carboxylic acids is 2. The molecule has 0 saturated carbocycles. The van der Waals surface area contributed by atoms with Crippen molar-refractivity contribution < 1.29 is 45.0 Å². The third-order valence-corrected chi connectivity index (χ3v) is 4.45. The summed E-state index contributed by atoms with van der Waals surface area (Å²) in [7, 11) is 0. The van der Waals surface area contributed by atoms with Crippen LogP contribution in [0.4, 0.5) is 0 Å². The maximum absolute atomic E-state index is 10.2. The highest BCUT2D eigenvalue weighted by Gasteiger charge is 2.32. The van der Waals surface area contributed by atoms with Gasteiger partial charge in [0.05, 0.1) is 11.7 Å². The quantitative estimate of drug-likeness (QED) is 0.381. The van der Waals surface area contributed by atoms with Gasteiger partial charge in [-0.25, -0.2) is 14.4 Å². The van der Waals surface area contributed by atoms with Crippen molar-refractivity contribution >= 4 is 17.9 Å². The Morgan fingerprint density at radius 1 is 0.893 bits per heavy atom. The second kappa shape index (κ2) is 11.3.